The molecule has 3 nitrogen and oxygen atoms in total. The Morgan fingerprint density at radius 1 is 1.20 bits per heavy atom. The van der Waals surface area contributed by atoms with E-state index in [0.717, 1.165) is 21.3 Å². The van der Waals surface area contributed by atoms with Crippen LogP contribution in [-0.4, -0.2) is 16.0 Å². The fourth-order valence-corrected chi connectivity index (χ4v) is 1.90. The first-order valence-electron chi connectivity index (χ1n) is 4.80. The van der Waals surface area contributed by atoms with Crippen LogP contribution >= 0.6 is 0 Å². The van der Waals surface area contributed by atoms with Gasteiger partial charge in [-0.2, -0.15) is 10.2 Å². The minimum atomic E-state index is 0.156. The molecule has 1 aromatic heterocycles. The Labute approximate surface area is 85.8 Å². The van der Waals surface area contributed by atoms with Crippen LogP contribution in [0.25, 0.3) is 23.1 Å². The van der Waals surface area contributed by atoms with Crippen molar-refractivity contribution in [3.8, 4) is 0 Å². The second-order valence-electron chi connectivity index (χ2n) is 3.55. The van der Waals surface area contributed by atoms with E-state index in [1.807, 2.05) is 24.3 Å². The van der Waals surface area contributed by atoms with E-state index in [2.05, 4.69) is 10.2 Å². The monoisotopic (exact) mass is 196 g/mol. The number of aromatic nitrogens is 2. The molecule has 0 N–H and O–H groups in total. The van der Waals surface area contributed by atoms with Gasteiger partial charge in [-0.25, -0.2) is 0 Å². The van der Waals surface area contributed by atoms with Gasteiger partial charge < -0.3 is 0 Å². The number of Topliss-reactive ketones (excluding diaryl/α,β-unsaturated/α-hetero) is 1. The van der Waals surface area contributed by atoms with Crippen LogP contribution in [0.5, 0.6) is 0 Å². The van der Waals surface area contributed by atoms with E-state index in [1.165, 1.54) is 0 Å². The molecular weight excluding hydrogens is 188 g/mol. The maximum atomic E-state index is 11.2. The van der Waals surface area contributed by atoms with Gasteiger partial charge in [0.05, 0.1) is 11.7 Å². The van der Waals surface area contributed by atoms with Crippen molar-refractivity contribution in [2.24, 2.45) is 0 Å². The van der Waals surface area contributed by atoms with E-state index in [1.54, 1.807) is 12.3 Å². The number of carbonyl (C=O) groups excluding carboxylic acids is 1. The molecule has 0 saturated carbocycles. The molecule has 15 heavy (non-hydrogen) atoms. The van der Waals surface area contributed by atoms with Crippen LogP contribution in [0, 0.1) is 0 Å². The molecule has 1 heterocycles. The van der Waals surface area contributed by atoms with E-state index >= 15 is 0 Å². The maximum absolute atomic E-state index is 11.2. The Kier molecular flexibility index (Phi) is 1.65. The predicted molar refractivity (Wildman–Crippen MR) is 57.3 cm³/mol. The summed E-state index contributed by atoms with van der Waals surface area (Å²) in [5, 5.41) is 11.0. The topological polar surface area (TPSA) is 42.9 Å². The molecule has 3 rings (SSSR count). The largest absolute Gasteiger partial charge is 0.294 e. The predicted octanol–water partition coefficient (Wildman–Crippen LogP) is 0.164. The van der Waals surface area contributed by atoms with Crippen molar-refractivity contribution in [3.63, 3.8) is 0 Å². The summed E-state index contributed by atoms with van der Waals surface area (Å²) in [6.45, 7) is 0. The first-order valence-corrected chi connectivity index (χ1v) is 4.80. The van der Waals surface area contributed by atoms with E-state index in [-0.39, 0.29) is 5.78 Å². The normalized spacial score (nSPS) is 14.3. The zero-order valence-corrected chi connectivity index (χ0v) is 7.97. The van der Waals surface area contributed by atoms with Crippen molar-refractivity contribution in [2.75, 3.05) is 0 Å². The summed E-state index contributed by atoms with van der Waals surface area (Å²) >= 11 is 0. The molecule has 0 bridgehead atoms. The SMILES string of the molecule is O=C1C=c2ccc3nnccc3c2=CC1. The zero-order chi connectivity index (χ0) is 10.3. The van der Waals surface area contributed by atoms with Crippen LogP contribution in [0.3, 0.4) is 0 Å². The van der Waals surface area contributed by atoms with Gasteiger partial charge in [0, 0.05) is 11.8 Å². The van der Waals surface area contributed by atoms with Crippen molar-refractivity contribution >= 4 is 28.8 Å². The quantitative estimate of drug-likeness (QED) is 0.603. The molecule has 0 amide bonds. The van der Waals surface area contributed by atoms with Gasteiger partial charge in [0.25, 0.3) is 0 Å². The van der Waals surface area contributed by atoms with Gasteiger partial charge in [-0.1, -0.05) is 12.1 Å². The second-order valence-corrected chi connectivity index (χ2v) is 3.55. The highest BCUT2D eigenvalue weighted by atomic mass is 16.1. The summed E-state index contributed by atoms with van der Waals surface area (Å²) in [5.41, 5.74) is 0.871. The maximum Gasteiger partial charge on any atom is 0.160 e. The van der Waals surface area contributed by atoms with Crippen LogP contribution in [0.2, 0.25) is 0 Å². The average molecular weight is 196 g/mol. The molecule has 72 valence electrons. The number of benzene rings is 1. The van der Waals surface area contributed by atoms with Gasteiger partial charge in [0.2, 0.25) is 0 Å². The number of hydrogen-bond donors (Lipinski definition) is 0. The van der Waals surface area contributed by atoms with Gasteiger partial charge in [-0.15, -0.1) is 0 Å². The molecule has 0 atom stereocenters. The van der Waals surface area contributed by atoms with Crippen LogP contribution in [-0.2, 0) is 4.79 Å². The van der Waals surface area contributed by atoms with E-state index in [4.69, 9.17) is 0 Å². The molecule has 0 radical (unpaired) electrons. The molecule has 3 heteroatoms. The molecule has 1 aromatic carbocycles. The molecule has 0 unspecified atom stereocenters. The first-order chi connectivity index (χ1) is 7.34. The van der Waals surface area contributed by atoms with Crippen molar-refractivity contribution in [2.45, 2.75) is 6.42 Å². The molecule has 0 spiro atoms. The third-order valence-corrected chi connectivity index (χ3v) is 2.60. The summed E-state index contributed by atoms with van der Waals surface area (Å²) in [6, 6.07) is 5.74. The van der Waals surface area contributed by atoms with Crippen LogP contribution < -0.4 is 10.4 Å². The van der Waals surface area contributed by atoms with E-state index in [9.17, 15) is 4.79 Å². The van der Waals surface area contributed by atoms with Gasteiger partial charge in [0.15, 0.2) is 5.78 Å². The Morgan fingerprint density at radius 3 is 3.07 bits per heavy atom. The Morgan fingerprint density at radius 2 is 2.13 bits per heavy atom. The molecular formula is C12H8N2O. The lowest BCUT2D eigenvalue weighted by Crippen LogP contribution is -2.29. The first kappa shape index (κ1) is 8.29. The number of fused-ring (bicyclic) bond motifs is 3. The third-order valence-electron chi connectivity index (χ3n) is 2.60. The van der Waals surface area contributed by atoms with Crippen molar-refractivity contribution in [1.82, 2.24) is 10.2 Å². The zero-order valence-electron chi connectivity index (χ0n) is 7.97. The minimum Gasteiger partial charge on any atom is -0.294 e. The summed E-state index contributed by atoms with van der Waals surface area (Å²) < 4.78 is 0. The molecule has 0 aliphatic heterocycles. The number of ketones is 1. The molecule has 0 fully saturated rings. The van der Waals surface area contributed by atoms with Crippen LogP contribution in [0.15, 0.2) is 24.4 Å². The fraction of sp³-hybridized carbons (Fsp3) is 0.0833. The van der Waals surface area contributed by atoms with E-state index < -0.39 is 0 Å². The molecule has 1 aliphatic carbocycles. The summed E-state index contributed by atoms with van der Waals surface area (Å²) in [5.74, 6) is 0.156. The summed E-state index contributed by atoms with van der Waals surface area (Å²) in [4.78, 5) is 11.2. The fourth-order valence-electron chi connectivity index (χ4n) is 1.90. The third kappa shape index (κ3) is 1.24. The van der Waals surface area contributed by atoms with Gasteiger partial charge in [-0.05, 0) is 28.6 Å². The lowest BCUT2D eigenvalue weighted by atomic mass is 10.0. The summed E-state index contributed by atoms with van der Waals surface area (Å²) in [7, 11) is 0. The lowest BCUT2D eigenvalue weighted by Gasteiger charge is -2.02. The van der Waals surface area contributed by atoms with Crippen LogP contribution in [0.1, 0.15) is 6.42 Å². The highest BCUT2D eigenvalue weighted by Crippen LogP contribution is 2.03. The van der Waals surface area contributed by atoms with Crippen molar-refractivity contribution in [3.05, 3.63) is 34.8 Å². The lowest BCUT2D eigenvalue weighted by molar-refractivity contribution is -0.112. The molecule has 0 saturated heterocycles. The second kappa shape index (κ2) is 2.98. The molecule has 1 aliphatic rings. The van der Waals surface area contributed by atoms with E-state index in [0.29, 0.717) is 6.42 Å². The van der Waals surface area contributed by atoms with Gasteiger partial charge in [-0.3, -0.25) is 4.79 Å². The highest BCUT2D eigenvalue weighted by Gasteiger charge is 2.04. The average Bonchev–Trinajstić information content (AvgIpc) is 2.28. The Hall–Kier alpha value is -2.03. The standard InChI is InChI=1S/C12H8N2O/c15-9-2-3-10-8(7-9)1-4-12-11(10)5-6-13-14-12/h1,3-7H,2H2. The van der Waals surface area contributed by atoms with Crippen molar-refractivity contribution < 1.29 is 4.79 Å². The number of carbonyl (C=O) groups is 1. The number of nitrogens with zero attached hydrogens (tertiary/aromatic N) is 2. The number of rotatable bonds is 0. The smallest absolute Gasteiger partial charge is 0.160 e. The van der Waals surface area contributed by atoms with Crippen molar-refractivity contribution in [1.29, 1.82) is 0 Å². The Bertz CT molecular complexity index is 674. The Balaban J connectivity index is 2.56. The van der Waals surface area contributed by atoms with Crippen LogP contribution in [0.4, 0.5) is 0 Å². The van der Waals surface area contributed by atoms with Gasteiger partial charge >= 0.3 is 0 Å². The minimum absolute atomic E-state index is 0.156. The summed E-state index contributed by atoms with van der Waals surface area (Å²) in [6.07, 6.45) is 5.80. The highest BCUT2D eigenvalue weighted by molar-refractivity contribution is 6.09. The molecule has 2 aromatic rings. The van der Waals surface area contributed by atoms with Gasteiger partial charge in [0.1, 0.15) is 0 Å². The number of hydrogen-bond acceptors (Lipinski definition) is 3.